The second kappa shape index (κ2) is 3.99. The van der Waals surface area contributed by atoms with Crippen LogP contribution in [-0.4, -0.2) is 34.0 Å². The van der Waals surface area contributed by atoms with Gasteiger partial charge < -0.3 is 0 Å². The maximum absolute atomic E-state index is 2.64. The average molecular weight is 386 g/mol. The van der Waals surface area contributed by atoms with Gasteiger partial charge in [0.05, 0.1) is 0 Å². The Morgan fingerprint density at radius 1 is 0.818 bits per heavy atom. The molecule has 3 heteroatoms. The summed E-state index contributed by atoms with van der Waals surface area (Å²) in [5.74, 6) is 0. The third-order valence-electron chi connectivity index (χ3n) is 2.36. The number of hydrogen-bond acceptors (Lipinski definition) is 1. The molecule has 0 bridgehead atoms. The molecule has 0 aromatic heterocycles. The van der Waals surface area contributed by atoms with Crippen molar-refractivity contribution in [3.8, 4) is 0 Å². The molecule has 1 saturated heterocycles. The summed E-state index contributed by atoms with van der Waals surface area (Å²) in [6, 6.07) is 0. The fourth-order valence-electron chi connectivity index (χ4n) is 1.95. The van der Waals surface area contributed by atoms with Crippen LogP contribution in [0.3, 0.4) is 0 Å². The molecule has 1 aliphatic heterocycles. The van der Waals surface area contributed by atoms with Crippen LogP contribution in [0.15, 0.2) is 0 Å². The first-order chi connectivity index (χ1) is 4.91. The van der Waals surface area contributed by atoms with Gasteiger partial charge in [-0.25, -0.2) is 0 Å². The van der Waals surface area contributed by atoms with E-state index >= 15 is 0 Å². The quantitative estimate of drug-likeness (QED) is 0.570. The molecule has 66 valence electrons. The minimum atomic E-state index is -1.47. The van der Waals surface area contributed by atoms with Crippen molar-refractivity contribution in [3.63, 3.8) is 0 Å². The Hall–Kier alpha value is 1.95. The van der Waals surface area contributed by atoms with E-state index in [0.29, 0.717) is 0 Å². The Labute approximate surface area is 80.6 Å². The molecule has 1 fully saturated rings. The van der Waals surface area contributed by atoms with E-state index in [4.69, 9.17) is 0 Å². The molecule has 0 aliphatic carbocycles. The molecule has 0 aromatic carbocycles. The van der Waals surface area contributed by atoms with E-state index in [2.05, 4.69) is 25.9 Å². The molecule has 0 aromatic rings. The normalized spacial score (nSPS) is 29.5. The van der Waals surface area contributed by atoms with E-state index in [1.165, 1.54) is 0 Å². The van der Waals surface area contributed by atoms with Crippen LogP contribution in [0.25, 0.3) is 0 Å². The molecule has 1 heterocycles. The Morgan fingerprint density at radius 2 is 1.18 bits per heavy atom. The summed E-state index contributed by atoms with van der Waals surface area (Å²) >= 11 is -2.94. The van der Waals surface area contributed by atoms with Crippen LogP contribution >= 0.6 is 6.13 Å². The zero-order chi connectivity index (χ0) is 8.54. The number of hydrogen-bond donors (Lipinski definition) is 0. The third kappa shape index (κ3) is 4.12. The fourth-order valence-corrected chi connectivity index (χ4v) is 124. The summed E-state index contributed by atoms with van der Waals surface area (Å²) in [4.78, 5) is 10.6. The molecule has 0 saturated carbocycles. The molecule has 1 rings (SSSR count). The molecular formula is C8H20SSn2. The van der Waals surface area contributed by atoms with E-state index in [9.17, 15) is 0 Å². The summed E-state index contributed by atoms with van der Waals surface area (Å²) in [6.07, 6.45) is 5.72. The molecule has 0 atom stereocenters. The van der Waals surface area contributed by atoms with Gasteiger partial charge in [-0.05, 0) is 0 Å². The third-order valence-corrected chi connectivity index (χ3v) is 88.0. The SMILES string of the molecule is [CH3][Sn]1([CH3])[CH2]CC[CH2][Sn]([CH3])([CH3])[S]1. The van der Waals surface area contributed by atoms with Gasteiger partial charge in [0.1, 0.15) is 0 Å². The van der Waals surface area contributed by atoms with Crippen molar-refractivity contribution in [1.82, 2.24) is 0 Å². The van der Waals surface area contributed by atoms with Crippen LogP contribution in [0, 0.1) is 0 Å². The second-order valence-corrected chi connectivity index (χ2v) is 56.3. The van der Waals surface area contributed by atoms with Crippen molar-refractivity contribution >= 4 is 40.1 Å². The molecule has 1 aliphatic rings. The summed E-state index contributed by atoms with van der Waals surface area (Å²) in [5, 5.41) is 0. The molecule has 0 nitrogen and oxygen atoms in total. The standard InChI is InChI=1S/C4H8.4CH3.S.2Sn/c1-3-4-2;;;;;;;/h1-4H2;4*1H3;;;. The number of rotatable bonds is 0. The van der Waals surface area contributed by atoms with Gasteiger partial charge in [0.25, 0.3) is 0 Å². The first-order valence-corrected chi connectivity index (χ1v) is 27.9. The van der Waals surface area contributed by atoms with Crippen molar-refractivity contribution < 1.29 is 0 Å². The summed E-state index contributed by atoms with van der Waals surface area (Å²) in [6.45, 7) is 0. The molecule has 0 spiro atoms. The van der Waals surface area contributed by atoms with Crippen molar-refractivity contribution in [2.75, 3.05) is 0 Å². The van der Waals surface area contributed by atoms with Gasteiger partial charge in [-0.2, -0.15) is 0 Å². The van der Waals surface area contributed by atoms with Crippen molar-refractivity contribution in [3.05, 3.63) is 0 Å². The summed E-state index contributed by atoms with van der Waals surface area (Å²) in [5.41, 5.74) is 0. The molecule has 0 N–H and O–H groups in total. The van der Waals surface area contributed by atoms with Gasteiger partial charge in [0.2, 0.25) is 0 Å². The van der Waals surface area contributed by atoms with E-state index in [1.54, 1.807) is 21.7 Å². The van der Waals surface area contributed by atoms with Crippen LogP contribution in [0.5, 0.6) is 0 Å². The van der Waals surface area contributed by atoms with Gasteiger partial charge in [-0.15, -0.1) is 0 Å². The molecule has 0 unspecified atom stereocenters. The first kappa shape index (κ1) is 11.0. The molecule has 0 radical (unpaired) electrons. The fraction of sp³-hybridized carbons (Fsp3) is 1.00. The second-order valence-electron chi connectivity index (χ2n) is 4.83. The molecule has 0 amide bonds. The van der Waals surface area contributed by atoms with Crippen molar-refractivity contribution in [1.29, 1.82) is 0 Å². The average Bonchev–Trinajstić information content (AvgIpc) is 1.86. The monoisotopic (exact) mass is 388 g/mol. The maximum atomic E-state index is 2.64. The molecule has 11 heavy (non-hydrogen) atoms. The Bertz CT molecular complexity index is 127. The zero-order valence-electron chi connectivity index (χ0n) is 8.24. The summed E-state index contributed by atoms with van der Waals surface area (Å²) in [7, 11) is 0. The minimum absolute atomic E-state index is 1.47. The van der Waals surface area contributed by atoms with Crippen molar-refractivity contribution in [2.24, 2.45) is 0 Å². The van der Waals surface area contributed by atoms with Crippen LogP contribution in [-0.2, 0) is 0 Å². The predicted molar refractivity (Wildman–Crippen MR) is 61.4 cm³/mol. The van der Waals surface area contributed by atoms with Crippen LogP contribution in [0.2, 0.25) is 28.6 Å². The Kier molecular flexibility index (Phi) is 4.00. The van der Waals surface area contributed by atoms with E-state index < -0.39 is 34.0 Å². The zero-order valence-corrected chi connectivity index (χ0v) is 14.8. The molecular weight excluding hydrogens is 366 g/mol. The topological polar surface area (TPSA) is 0 Å². The first-order valence-electron chi connectivity index (χ1n) is 4.62. The van der Waals surface area contributed by atoms with Gasteiger partial charge >= 0.3 is 81.6 Å². The van der Waals surface area contributed by atoms with Crippen molar-refractivity contribution in [2.45, 2.75) is 41.5 Å². The Balaban J connectivity index is 2.62. The predicted octanol–water partition coefficient (Wildman–Crippen LogP) is 3.92. The van der Waals surface area contributed by atoms with E-state index in [0.717, 1.165) is 0 Å². The Morgan fingerprint density at radius 3 is 1.55 bits per heavy atom. The van der Waals surface area contributed by atoms with E-state index in [-0.39, 0.29) is 0 Å². The van der Waals surface area contributed by atoms with Gasteiger partial charge in [0, 0.05) is 0 Å². The van der Waals surface area contributed by atoms with Gasteiger partial charge in [-0.1, -0.05) is 0 Å². The van der Waals surface area contributed by atoms with E-state index in [1.807, 2.05) is 0 Å². The summed E-state index contributed by atoms with van der Waals surface area (Å²) < 4.78 is 3.30. The van der Waals surface area contributed by atoms with Crippen LogP contribution < -0.4 is 0 Å². The van der Waals surface area contributed by atoms with Crippen LogP contribution in [0.1, 0.15) is 12.8 Å². The van der Waals surface area contributed by atoms with Gasteiger partial charge in [-0.3, -0.25) is 0 Å². The van der Waals surface area contributed by atoms with Crippen LogP contribution in [0.4, 0.5) is 0 Å². The van der Waals surface area contributed by atoms with Gasteiger partial charge in [0.15, 0.2) is 0 Å².